The Kier molecular flexibility index (Phi) is 3.79. The van der Waals surface area contributed by atoms with E-state index in [1.165, 1.54) is 12.3 Å². The highest BCUT2D eigenvalue weighted by atomic mass is 35.5. The predicted molar refractivity (Wildman–Crippen MR) is 66.5 cm³/mol. The van der Waals surface area contributed by atoms with Gasteiger partial charge in [0.2, 0.25) is 0 Å². The van der Waals surface area contributed by atoms with Gasteiger partial charge >= 0.3 is 5.97 Å². The van der Waals surface area contributed by atoms with Crippen LogP contribution in [0, 0.1) is 0 Å². The maximum Gasteiger partial charge on any atom is 0.339 e. The SMILES string of the molecule is O=C(O)c1ccoc1COc1ccc(Cl)c(Cl)c1. The summed E-state index contributed by atoms with van der Waals surface area (Å²) in [5.74, 6) is -0.331. The second kappa shape index (κ2) is 5.33. The van der Waals surface area contributed by atoms with Crippen LogP contribution in [-0.4, -0.2) is 11.1 Å². The quantitative estimate of drug-likeness (QED) is 0.927. The number of furan rings is 1. The Morgan fingerprint density at radius 2 is 2.06 bits per heavy atom. The van der Waals surface area contributed by atoms with Crippen molar-refractivity contribution in [3.8, 4) is 5.75 Å². The van der Waals surface area contributed by atoms with Gasteiger partial charge in [-0.3, -0.25) is 0 Å². The molecule has 0 atom stereocenters. The lowest BCUT2D eigenvalue weighted by Gasteiger charge is -2.06. The van der Waals surface area contributed by atoms with E-state index in [4.69, 9.17) is 37.5 Å². The van der Waals surface area contributed by atoms with Gasteiger partial charge in [0, 0.05) is 6.07 Å². The van der Waals surface area contributed by atoms with Crippen LogP contribution in [0.4, 0.5) is 0 Å². The summed E-state index contributed by atoms with van der Waals surface area (Å²) in [7, 11) is 0. The summed E-state index contributed by atoms with van der Waals surface area (Å²) < 4.78 is 10.4. The molecule has 6 heteroatoms. The number of rotatable bonds is 4. The van der Waals surface area contributed by atoms with Crippen molar-refractivity contribution < 1.29 is 19.1 Å². The predicted octanol–water partition coefficient (Wildman–Crippen LogP) is 3.86. The molecule has 0 fully saturated rings. The Balaban J connectivity index is 2.09. The Bertz CT molecular complexity index is 577. The molecule has 0 aliphatic heterocycles. The molecule has 0 aliphatic carbocycles. The van der Waals surface area contributed by atoms with Crippen LogP contribution in [0.2, 0.25) is 10.0 Å². The maximum atomic E-state index is 10.8. The largest absolute Gasteiger partial charge is 0.486 e. The van der Waals surface area contributed by atoms with Crippen molar-refractivity contribution in [2.75, 3.05) is 0 Å². The fourth-order valence-electron chi connectivity index (χ4n) is 1.36. The van der Waals surface area contributed by atoms with Crippen LogP contribution in [0.3, 0.4) is 0 Å². The van der Waals surface area contributed by atoms with Gasteiger partial charge in [0.25, 0.3) is 0 Å². The first kappa shape index (κ1) is 12.8. The third-order valence-corrected chi connectivity index (χ3v) is 2.98. The summed E-state index contributed by atoms with van der Waals surface area (Å²) in [6.07, 6.45) is 1.30. The van der Waals surface area contributed by atoms with Gasteiger partial charge in [-0.25, -0.2) is 4.79 Å². The highest BCUT2D eigenvalue weighted by Gasteiger charge is 2.13. The first-order chi connectivity index (χ1) is 8.58. The molecular formula is C12H8Cl2O4. The number of carboxylic acids is 1. The molecule has 0 aliphatic rings. The van der Waals surface area contributed by atoms with Crippen LogP contribution >= 0.6 is 23.2 Å². The van der Waals surface area contributed by atoms with Gasteiger partial charge in [0.15, 0.2) is 5.76 Å². The topological polar surface area (TPSA) is 59.7 Å². The van der Waals surface area contributed by atoms with E-state index in [2.05, 4.69) is 0 Å². The Morgan fingerprint density at radius 3 is 2.72 bits per heavy atom. The van der Waals surface area contributed by atoms with E-state index in [1.807, 2.05) is 0 Å². The van der Waals surface area contributed by atoms with E-state index in [0.717, 1.165) is 0 Å². The summed E-state index contributed by atoms with van der Waals surface area (Å²) in [4.78, 5) is 10.8. The van der Waals surface area contributed by atoms with E-state index in [0.29, 0.717) is 15.8 Å². The molecule has 0 spiro atoms. The molecule has 0 unspecified atom stereocenters. The molecule has 94 valence electrons. The lowest BCUT2D eigenvalue weighted by Crippen LogP contribution is -2.02. The number of halogens is 2. The molecule has 1 aromatic heterocycles. The Hall–Kier alpha value is -1.65. The van der Waals surface area contributed by atoms with E-state index in [9.17, 15) is 4.79 Å². The third-order valence-electron chi connectivity index (χ3n) is 2.24. The van der Waals surface area contributed by atoms with Crippen molar-refractivity contribution in [2.24, 2.45) is 0 Å². The van der Waals surface area contributed by atoms with Crippen LogP contribution in [0.1, 0.15) is 16.1 Å². The fourth-order valence-corrected chi connectivity index (χ4v) is 1.65. The third kappa shape index (κ3) is 2.78. The minimum Gasteiger partial charge on any atom is -0.486 e. The van der Waals surface area contributed by atoms with E-state index in [-0.39, 0.29) is 17.9 Å². The van der Waals surface area contributed by atoms with E-state index < -0.39 is 5.97 Å². The molecule has 0 bridgehead atoms. The summed E-state index contributed by atoms with van der Waals surface area (Å²) in [6, 6.07) is 6.15. The zero-order valence-corrected chi connectivity index (χ0v) is 10.5. The molecule has 0 radical (unpaired) electrons. The average molecular weight is 287 g/mol. The number of ether oxygens (including phenoxy) is 1. The van der Waals surface area contributed by atoms with E-state index in [1.54, 1.807) is 18.2 Å². The number of carbonyl (C=O) groups is 1. The monoisotopic (exact) mass is 286 g/mol. The molecule has 4 nitrogen and oxygen atoms in total. The molecule has 0 saturated carbocycles. The number of benzene rings is 1. The van der Waals surface area contributed by atoms with Gasteiger partial charge in [-0.2, -0.15) is 0 Å². The second-order valence-corrected chi connectivity index (χ2v) is 4.24. The van der Waals surface area contributed by atoms with Crippen molar-refractivity contribution in [1.82, 2.24) is 0 Å². The second-order valence-electron chi connectivity index (χ2n) is 3.43. The number of hydrogen-bond donors (Lipinski definition) is 1. The number of aromatic carboxylic acids is 1. The minimum atomic E-state index is -1.06. The zero-order valence-electron chi connectivity index (χ0n) is 9.02. The van der Waals surface area contributed by atoms with Crippen LogP contribution < -0.4 is 4.74 Å². The molecule has 0 amide bonds. The molecule has 1 N–H and O–H groups in total. The molecule has 2 rings (SSSR count). The number of carboxylic acid groups (broad SMARTS) is 1. The van der Waals surface area contributed by atoms with Crippen LogP contribution in [0.25, 0.3) is 0 Å². The van der Waals surface area contributed by atoms with E-state index >= 15 is 0 Å². The minimum absolute atomic E-state index is 0.00654. The smallest absolute Gasteiger partial charge is 0.339 e. The normalized spacial score (nSPS) is 10.3. The lowest BCUT2D eigenvalue weighted by molar-refractivity contribution is 0.0692. The van der Waals surface area contributed by atoms with Gasteiger partial charge in [-0.1, -0.05) is 23.2 Å². The van der Waals surface area contributed by atoms with Crippen LogP contribution in [-0.2, 0) is 6.61 Å². The van der Waals surface area contributed by atoms with Gasteiger partial charge in [0.05, 0.1) is 16.3 Å². The van der Waals surface area contributed by atoms with Gasteiger partial charge in [0.1, 0.15) is 17.9 Å². The molecule has 1 aromatic carbocycles. The highest BCUT2D eigenvalue weighted by molar-refractivity contribution is 6.42. The molecule has 18 heavy (non-hydrogen) atoms. The molecule has 1 heterocycles. The summed E-state index contributed by atoms with van der Waals surface area (Å²) in [5, 5.41) is 9.67. The summed E-state index contributed by atoms with van der Waals surface area (Å²) >= 11 is 11.6. The van der Waals surface area contributed by atoms with Crippen LogP contribution in [0.15, 0.2) is 34.9 Å². The highest BCUT2D eigenvalue weighted by Crippen LogP contribution is 2.27. The summed E-state index contributed by atoms with van der Waals surface area (Å²) in [5.41, 5.74) is 0.0788. The zero-order chi connectivity index (χ0) is 13.1. The average Bonchev–Trinajstić information content (AvgIpc) is 2.79. The fraction of sp³-hybridized carbons (Fsp3) is 0.0833. The molecule has 0 saturated heterocycles. The van der Waals surface area contributed by atoms with Crippen molar-refractivity contribution >= 4 is 29.2 Å². The van der Waals surface area contributed by atoms with Gasteiger partial charge in [-0.15, -0.1) is 0 Å². The van der Waals surface area contributed by atoms with Crippen LogP contribution in [0.5, 0.6) is 5.75 Å². The van der Waals surface area contributed by atoms with Gasteiger partial charge < -0.3 is 14.3 Å². The summed E-state index contributed by atoms with van der Waals surface area (Å²) in [6.45, 7) is 0.00654. The van der Waals surface area contributed by atoms with Gasteiger partial charge in [-0.05, 0) is 18.2 Å². The Labute approximate surface area is 113 Å². The van der Waals surface area contributed by atoms with Crippen molar-refractivity contribution in [2.45, 2.75) is 6.61 Å². The van der Waals surface area contributed by atoms with Crippen molar-refractivity contribution in [3.63, 3.8) is 0 Å². The number of hydrogen-bond acceptors (Lipinski definition) is 3. The van der Waals surface area contributed by atoms with Crippen molar-refractivity contribution in [3.05, 3.63) is 51.9 Å². The maximum absolute atomic E-state index is 10.8. The Morgan fingerprint density at radius 1 is 1.28 bits per heavy atom. The first-order valence-corrected chi connectivity index (χ1v) is 5.71. The van der Waals surface area contributed by atoms with Crippen molar-refractivity contribution in [1.29, 1.82) is 0 Å². The standard InChI is InChI=1S/C12H8Cl2O4/c13-9-2-1-7(5-10(9)14)18-6-11-8(12(15)16)3-4-17-11/h1-5H,6H2,(H,15,16). The molecular weight excluding hydrogens is 279 g/mol. The first-order valence-electron chi connectivity index (χ1n) is 4.95. The lowest BCUT2D eigenvalue weighted by atomic mass is 10.2. The molecule has 2 aromatic rings.